The first-order valence-electron chi connectivity index (χ1n) is 5.99. The Morgan fingerprint density at radius 3 is 2.89 bits per heavy atom. The van der Waals surface area contributed by atoms with Crippen LogP contribution in [0.5, 0.6) is 5.75 Å². The normalized spacial score (nSPS) is 13.9. The van der Waals surface area contributed by atoms with Gasteiger partial charge in [-0.3, -0.25) is 0 Å². The molecule has 3 rings (SSSR count). The van der Waals surface area contributed by atoms with Crippen LogP contribution in [0.3, 0.4) is 0 Å². The summed E-state index contributed by atoms with van der Waals surface area (Å²) < 4.78 is 5.27. The predicted octanol–water partition coefficient (Wildman–Crippen LogP) is 1.59. The molecule has 5 nitrogen and oxygen atoms in total. The monoisotopic (exact) mass is 275 g/mol. The number of fused-ring (bicyclic) bond motifs is 1. The van der Waals surface area contributed by atoms with Crippen LogP contribution in [0.25, 0.3) is 0 Å². The van der Waals surface area contributed by atoms with E-state index in [9.17, 15) is 4.79 Å². The van der Waals surface area contributed by atoms with Gasteiger partial charge in [0, 0.05) is 30.1 Å². The Morgan fingerprint density at radius 1 is 1.37 bits per heavy atom. The van der Waals surface area contributed by atoms with Crippen molar-refractivity contribution in [2.75, 3.05) is 12.3 Å². The molecule has 0 amide bonds. The fourth-order valence-electron chi connectivity index (χ4n) is 1.90. The second-order valence-electron chi connectivity index (χ2n) is 4.27. The average molecular weight is 275 g/mol. The lowest BCUT2D eigenvalue weighted by molar-refractivity contribution is 0.0734. The molecule has 2 heterocycles. The van der Waals surface area contributed by atoms with Crippen LogP contribution in [0.2, 0.25) is 0 Å². The predicted molar refractivity (Wildman–Crippen MR) is 73.3 cm³/mol. The summed E-state index contributed by atoms with van der Waals surface area (Å²) in [4.78, 5) is 17.5. The lowest BCUT2D eigenvalue weighted by Crippen LogP contribution is -2.22. The van der Waals surface area contributed by atoms with E-state index in [4.69, 9.17) is 10.5 Å². The lowest BCUT2D eigenvalue weighted by atomic mass is 10.2. The number of nitrogens with one attached hydrogen (secondary N) is 1. The summed E-state index contributed by atoms with van der Waals surface area (Å²) in [5.74, 6) is 0.0645. The molecule has 0 saturated carbocycles. The van der Waals surface area contributed by atoms with Gasteiger partial charge in [0.2, 0.25) is 5.01 Å². The summed E-state index contributed by atoms with van der Waals surface area (Å²) in [5.41, 5.74) is 7.22. The van der Waals surface area contributed by atoms with Crippen molar-refractivity contribution >= 4 is 23.0 Å². The number of nitrogens with zero attached hydrogens (tertiary/aromatic N) is 1. The smallest absolute Gasteiger partial charge is 0.372 e. The molecule has 19 heavy (non-hydrogen) atoms. The van der Waals surface area contributed by atoms with E-state index in [0.29, 0.717) is 16.4 Å². The molecule has 0 fully saturated rings. The summed E-state index contributed by atoms with van der Waals surface area (Å²) in [5, 5.41) is 3.66. The molecule has 1 aromatic carbocycles. The van der Waals surface area contributed by atoms with Gasteiger partial charge in [-0.2, -0.15) is 0 Å². The zero-order valence-corrected chi connectivity index (χ0v) is 11.0. The van der Waals surface area contributed by atoms with Crippen LogP contribution in [-0.2, 0) is 13.0 Å². The molecular formula is C13H13N3O2S. The Balaban J connectivity index is 1.76. The molecule has 0 bridgehead atoms. The number of esters is 1. The number of aromatic nitrogens is 1. The van der Waals surface area contributed by atoms with Crippen LogP contribution in [0, 0.1) is 0 Å². The SMILES string of the molecule is Nc1ccc(OC(=O)c2nc3c(s2)CNCC3)cc1. The van der Waals surface area contributed by atoms with Crippen LogP contribution in [0.1, 0.15) is 20.4 Å². The minimum atomic E-state index is -0.413. The van der Waals surface area contributed by atoms with E-state index in [1.54, 1.807) is 24.3 Å². The highest BCUT2D eigenvalue weighted by atomic mass is 32.1. The molecule has 0 radical (unpaired) electrons. The number of benzene rings is 1. The first-order valence-corrected chi connectivity index (χ1v) is 6.81. The Kier molecular flexibility index (Phi) is 3.18. The quantitative estimate of drug-likeness (QED) is 0.494. The summed E-state index contributed by atoms with van der Waals surface area (Å²) in [6.45, 7) is 1.69. The third-order valence-electron chi connectivity index (χ3n) is 2.87. The number of carbonyl (C=O) groups is 1. The van der Waals surface area contributed by atoms with Gasteiger partial charge >= 0.3 is 5.97 Å². The van der Waals surface area contributed by atoms with Gasteiger partial charge in [0.25, 0.3) is 0 Å². The van der Waals surface area contributed by atoms with Crippen molar-refractivity contribution in [1.82, 2.24) is 10.3 Å². The van der Waals surface area contributed by atoms with Crippen molar-refractivity contribution in [2.45, 2.75) is 13.0 Å². The first kappa shape index (κ1) is 12.1. The molecular weight excluding hydrogens is 262 g/mol. The van der Waals surface area contributed by atoms with Gasteiger partial charge in [0.05, 0.1) is 5.69 Å². The summed E-state index contributed by atoms with van der Waals surface area (Å²) >= 11 is 1.39. The lowest BCUT2D eigenvalue weighted by Gasteiger charge is -2.09. The standard InChI is InChI=1S/C13H13N3O2S/c14-8-1-3-9(4-2-8)18-13(17)12-16-10-5-6-15-7-11(10)19-12/h1-4,15H,5-7,14H2. The van der Waals surface area contributed by atoms with Crippen molar-refractivity contribution in [3.63, 3.8) is 0 Å². The van der Waals surface area contributed by atoms with Crippen LogP contribution in [0.4, 0.5) is 5.69 Å². The van der Waals surface area contributed by atoms with E-state index in [2.05, 4.69) is 10.3 Å². The van der Waals surface area contributed by atoms with Crippen molar-refractivity contribution in [2.24, 2.45) is 0 Å². The molecule has 3 N–H and O–H groups in total. The van der Waals surface area contributed by atoms with Crippen molar-refractivity contribution in [3.05, 3.63) is 39.8 Å². The molecule has 6 heteroatoms. The number of nitrogen functional groups attached to an aromatic ring is 1. The largest absolute Gasteiger partial charge is 0.421 e. The van der Waals surface area contributed by atoms with Crippen LogP contribution >= 0.6 is 11.3 Å². The van der Waals surface area contributed by atoms with Gasteiger partial charge in [-0.05, 0) is 24.3 Å². The van der Waals surface area contributed by atoms with Gasteiger partial charge in [0.1, 0.15) is 5.75 Å². The van der Waals surface area contributed by atoms with E-state index < -0.39 is 5.97 Å². The molecule has 1 aliphatic heterocycles. The van der Waals surface area contributed by atoms with Crippen molar-refractivity contribution in [3.8, 4) is 5.75 Å². The first-order chi connectivity index (χ1) is 9.22. The van der Waals surface area contributed by atoms with Crippen LogP contribution in [-0.4, -0.2) is 17.5 Å². The molecule has 0 atom stereocenters. The van der Waals surface area contributed by atoms with Gasteiger partial charge in [-0.1, -0.05) is 0 Å². The summed E-state index contributed by atoms with van der Waals surface area (Å²) in [7, 11) is 0. The number of anilines is 1. The molecule has 0 unspecified atom stereocenters. The maximum Gasteiger partial charge on any atom is 0.372 e. The summed E-state index contributed by atoms with van der Waals surface area (Å²) in [6, 6.07) is 6.73. The third-order valence-corrected chi connectivity index (χ3v) is 3.95. The van der Waals surface area contributed by atoms with Crippen LogP contribution in [0.15, 0.2) is 24.3 Å². The van der Waals surface area contributed by atoms with E-state index in [-0.39, 0.29) is 0 Å². The fourth-order valence-corrected chi connectivity index (χ4v) is 2.85. The number of hydrogen-bond acceptors (Lipinski definition) is 6. The molecule has 0 aliphatic carbocycles. The molecule has 0 saturated heterocycles. The van der Waals surface area contributed by atoms with E-state index in [0.717, 1.165) is 30.1 Å². The maximum atomic E-state index is 12.0. The zero-order valence-electron chi connectivity index (χ0n) is 10.2. The second-order valence-corrected chi connectivity index (χ2v) is 5.36. The minimum absolute atomic E-state index is 0.408. The number of ether oxygens (including phenoxy) is 1. The highest BCUT2D eigenvalue weighted by Crippen LogP contribution is 2.23. The van der Waals surface area contributed by atoms with Crippen molar-refractivity contribution in [1.29, 1.82) is 0 Å². The van der Waals surface area contributed by atoms with E-state index in [1.165, 1.54) is 11.3 Å². The molecule has 1 aromatic heterocycles. The molecule has 0 spiro atoms. The van der Waals surface area contributed by atoms with Crippen molar-refractivity contribution < 1.29 is 9.53 Å². The second kappa shape index (κ2) is 4.99. The Bertz CT molecular complexity index is 583. The van der Waals surface area contributed by atoms with E-state index in [1.807, 2.05) is 0 Å². The number of thiazole rings is 1. The fraction of sp³-hybridized carbons (Fsp3) is 0.231. The molecule has 2 aromatic rings. The van der Waals surface area contributed by atoms with Crippen LogP contribution < -0.4 is 15.8 Å². The molecule has 98 valence electrons. The third kappa shape index (κ3) is 2.59. The Hall–Kier alpha value is -1.92. The Labute approximate surface area is 114 Å². The maximum absolute atomic E-state index is 12.0. The van der Waals surface area contributed by atoms with E-state index >= 15 is 0 Å². The highest BCUT2D eigenvalue weighted by molar-refractivity contribution is 7.13. The number of carbonyl (C=O) groups excluding carboxylic acids is 1. The number of rotatable bonds is 2. The Morgan fingerprint density at radius 2 is 2.16 bits per heavy atom. The topological polar surface area (TPSA) is 77.2 Å². The van der Waals surface area contributed by atoms with Gasteiger partial charge in [-0.15, -0.1) is 11.3 Å². The van der Waals surface area contributed by atoms with Gasteiger partial charge in [0.15, 0.2) is 0 Å². The minimum Gasteiger partial charge on any atom is -0.421 e. The number of nitrogens with two attached hydrogens (primary N) is 1. The number of hydrogen-bond donors (Lipinski definition) is 2. The van der Waals surface area contributed by atoms with Gasteiger partial charge in [-0.25, -0.2) is 9.78 Å². The van der Waals surface area contributed by atoms with Gasteiger partial charge < -0.3 is 15.8 Å². The molecule has 1 aliphatic rings. The summed E-state index contributed by atoms with van der Waals surface area (Å²) in [6.07, 6.45) is 0.862. The average Bonchev–Trinajstić information content (AvgIpc) is 2.85. The zero-order chi connectivity index (χ0) is 13.2. The highest BCUT2D eigenvalue weighted by Gasteiger charge is 2.20.